The first kappa shape index (κ1) is 18.3. The lowest BCUT2D eigenvalue weighted by atomic mass is 10.0. The molecule has 0 saturated heterocycles. The molecule has 0 aliphatic heterocycles. The summed E-state index contributed by atoms with van der Waals surface area (Å²) in [6, 6.07) is 17.3. The minimum absolute atomic E-state index is 0.0134. The highest BCUT2D eigenvalue weighted by molar-refractivity contribution is 7.80. The van der Waals surface area contributed by atoms with Crippen molar-refractivity contribution in [1.29, 1.82) is 0 Å². The van der Waals surface area contributed by atoms with E-state index >= 15 is 0 Å². The first-order valence-electron chi connectivity index (χ1n) is 8.05. The third kappa shape index (κ3) is 4.56. The summed E-state index contributed by atoms with van der Waals surface area (Å²) < 4.78 is 0. The molecule has 3 rings (SSSR count). The summed E-state index contributed by atoms with van der Waals surface area (Å²) in [4.78, 5) is 10.4. The Morgan fingerprint density at radius 3 is 2.70 bits per heavy atom. The molecule has 3 aromatic carbocycles. The van der Waals surface area contributed by atoms with Crippen molar-refractivity contribution in [2.45, 2.75) is 6.54 Å². The zero-order valence-electron chi connectivity index (χ0n) is 14.1. The zero-order chi connectivity index (χ0) is 19.2. The van der Waals surface area contributed by atoms with Crippen molar-refractivity contribution in [3.05, 3.63) is 81.9 Å². The van der Waals surface area contributed by atoms with Gasteiger partial charge in [0.2, 0.25) is 0 Å². The van der Waals surface area contributed by atoms with Crippen LogP contribution in [0.3, 0.4) is 0 Å². The molecule has 3 aromatic rings. The maximum atomic E-state index is 10.9. The number of non-ortho nitro benzene ring substituents is 1. The average Bonchev–Trinajstić information content (AvgIpc) is 2.68. The number of hydrogen-bond acceptors (Lipinski definition) is 5. The van der Waals surface area contributed by atoms with E-state index in [1.807, 2.05) is 30.3 Å². The molecule has 0 radical (unpaired) electrons. The van der Waals surface area contributed by atoms with Crippen molar-refractivity contribution < 1.29 is 10.0 Å². The van der Waals surface area contributed by atoms with Crippen LogP contribution < -0.4 is 10.7 Å². The van der Waals surface area contributed by atoms with Crippen LogP contribution in [0.5, 0.6) is 5.75 Å². The van der Waals surface area contributed by atoms with Gasteiger partial charge in [-0.2, -0.15) is 5.10 Å². The smallest absolute Gasteiger partial charge is 0.270 e. The number of nitro groups is 1. The summed E-state index contributed by atoms with van der Waals surface area (Å²) in [6.07, 6.45) is 1.43. The van der Waals surface area contributed by atoms with Crippen LogP contribution in [0.2, 0.25) is 0 Å². The summed E-state index contributed by atoms with van der Waals surface area (Å²) in [5, 5.41) is 29.7. The van der Waals surface area contributed by atoms with E-state index in [2.05, 4.69) is 15.8 Å². The molecule has 7 nitrogen and oxygen atoms in total. The minimum Gasteiger partial charge on any atom is -0.507 e. The molecule has 0 aromatic heterocycles. The van der Waals surface area contributed by atoms with E-state index in [4.69, 9.17) is 12.2 Å². The second-order valence-corrected chi connectivity index (χ2v) is 6.11. The summed E-state index contributed by atoms with van der Waals surface area (Å²) in [5.41, 5.74) is 4.21. The third-order valence-corrected chi connectivity index (χ3v) is 4.12. The van der Waals surface area contributed by atoms with E-state index < -0.39 is 4.92 Å². The van der Waals surface area contributed by atoms with Crippen LogP contribution in [-0.4, -0.2) is 21.4 Å². The largest absolute Gasteiger partial charge is 0.507 e. The number of phenolic OH excluding ortho intramolecular Hbond substituents is 1. The number of thiocarbonyl (C=S) groups is 1. The van der Waals surface area contributed by atoms with Crippen LogP contribution in [0.4, 0.5) is 5.69 Å². The van der Waals surface area contributed by atoms with Crippen molar-refractivity contribution in [2.75, 3.05) is 0 Å². The fourth-order valence-electron chi connectivity index (χ4n) is 2.55. The number of hydrogen-bond donors (Lipinski definition) is 3. The lowest BCUT2D eigenvalue weighted by Gasteiger charge is -2.08. The van der Waals surface area contributed by atoms with Crippen molar-refractivity contribution in [3.8, 4) is 5.75 Å². The summed E-state index contributed by atoms with van der Waals surface area (Å²) in [5.74, 6) is 0.0186. The number of benzene rings is 3. The molecular weight excluding hydrogens is 364 g/mol. The van der Waals surface area contributed by atoms with Gasteiger partial charge in [0, 0.05) is 24.2 Å². The van der Waals surface area contributed by atoms with Gasteiger partial charge in [0.15, 0.2) is 5.11 Å². The van der Waals surface area contributed by atoms with Gasteiger partial charge >= 0.3 is 0 Å². The number of nitro benzene ring substituents is 1. The SMILES string of the molecule is O=[N+]([O-])c1ccc2c(/C=N\NC(=S)NCc3ccccc3)c(O)ccc2c1. The first-order chi connectivity index (χ1) is 13.0. The van der Waals surface area contributed by atoms with Gasteiger partial charge in [0.25, 0.3) is 5.69 Å². The van der Waals surface area contributed by atoms with E-state index in [1.54, 1.807) is 12.1 Å². The molecule has 27 heavy (non-hydrogen) atoms. The first-order valence-corrected chi connectivity index (χ1v) is 8.46. The molecule has 0 aliphatic carbocycles. The summed E-state index contributed by atoms with van der Waals surface area (Å²) >= 11 is 5.17. The Labute approximate surface area is 160 Å². The highest BCUT2D eigenvalue weighted by Crippen LogP contribution is 2.28. The number of phenols is 1. The fraction of sp³-hybridized carbons (Fsp3) is 0.0526. The molecule has 0 fully saturated rings. The molecule has 0 saturated carbocycles. The number of hydrazone groups is 1. The fourth-order valence-corrected chi connectivity index (χ4v) is 2.68. The molecular formula is C19H16N4O3S. The number of nitrogens with one attached hydrogen (secondary N) is 2. The molecule has 0 bridgehead atoms. The molecule has 136 valence electrons. The lowest BCUT2D eigenvalue weighted by Crippen LogP contribution is -2.31. The van der Waals surface area contributed by atoms with Crippen LogP contribution in [-0.2, 0) is 6.54 Å². The molecule has 0 atom stereocenters. The predicted molar refractivity (Wildman–Crippen MR) is 109 cm³/mol. The van der Waals surface area contributed by atoms with Gasteiger partial charge in [-0.15, -0.1) is 0 Å². The second kappa shape index (κ2) is 8.24. The Bertz CT molecular complexity index is 1020. The Morgan fingerprint density at radius 2 is 1.96 bits per heavy atom. The highest BCUT2D eigenvalue weighted by Gasteiger charge is 2.10. The molecule has 0 aliphatic rings. The molecule has 0 spiro atoms. The van der Waals surface area contributed by atoms with Crippen molar-refractivity contribution in [1.82, 2.24) is 10.7 Å². The van der Waals surface area contributed by atoms with Gasteiger partial charge in [-0.1, -0.05) is 36.4 Å². The van der Waals surface area contributed by atoms with E-state index in [0.29, 0.717) is 28.0 Å². The molecule has 3 N–H and O–H groups in total. The molecule has 0 unspecified atom stereocenters. The van der Waals surface area contributed by atoms with E-state index in [9.17, 15) is 15.2 Å². The van der Waals surface area contributed by atoms with Crippen LogP contribution in [0.25, 0.3) is 10.8 Å². The van der Waals surface area contributed by atoms with E-state index in [-0.39, 0.29) is 11.4 Å². The Hall–Kier alpha value is -3.52. The van der Waals surface area contributed by atoms with Gasteiger partial charge in [-0.25, -0.2) is 0 Å². The number of fused-ring (bicyclic) bond motifs is 1. The van der Waals surface area contributed by atoms with Crippen LogP contribution in [0, 0.1) is 10.1 Å². The average molecular weight is 380 g/mol. The number of nitrogens with zero attached hydrogens (tertiary/aromatic N) is 2. The van der Waals surface area contributed by atoms with Gasteiger partial charge in [0.1, 0.15) is 5.75 Å². The predicted octanol–water partition coefficient (Wildman–Crippen LogP) is 3.45. The Balaban J connectivity index is 1.70. The third-order valence-electron chi connectivity index (χ3n) is 3.89. The maximum absolute atomic E-state index is 10.9. The minimum atomic E-state index is -0.460. The second-order valence-electron chi connectivity index (χ2n) is 5.70. The number of aromatic hydroxyl groups is 1. The quantitative estimate of drug-likeness (QED) is 0.271. The normalized spacial score (nSPS) is 10.8. The lowest BCUT2D eigenvalue weighted by molar-refractivity contribution is -0.384. The molecule has 8 heteroatoms. The topological polar surface area (TPSA) is 99.8 Å². The van der Waals surface area contributed by atoms with E-state index in [0.717, 1.165) is 5.56 Å². The Morgan fingerprint density at radius 1 is 1.19 bits per heavy atom. The van der Waals surface area contributed by atoms with Crippen molar-refractivity contribution in [3.63, 3.8) is 0 Å². The standard InChI is InChI=1S/C19H16N4O3S/c24-18-9-6-14-10-15(23(25)26)7-8-16(14)17(18)12-21-22-19(27)20-11-13-4-2-1-3-5-13/h1-10,12,24H,11H2,(H2,20,22,27)/b21-12-. The van der Waals surface area contributed by atoms with Crippen LogP contribution >= 0.6 is 12.2 Å². The van der Waals surface area contributed by atoms with Crippen LogP contribution in [0.1, 0.15) is 11.1 Å². The van der Waals surface area contributed by atoms with Crippen molar-refractivity contribution in [2.24, 2.45) is 5.10 Å². The summed E-state index contributed by atoms with van der Waals surface area (Å²) in [6.45, 7) is 0.561. The Kier molecular flexibility index (Phi) is 5.58. The van der Waals surface area contributed by atoms with Crippen molar-refractivity contribution >= 4 is 40.0 Å². The monoisotopic (exact) mass is 380 g/mol. The van der Waals surface area contributed by atoms with Gasteiger partial charge in [0.05, 0.1) is 11.1 Å². The maximum Gasteiger partial charge on any atom is 0.270 e. The van der Waals surface area contributed by atoms with Gasteiger partial charge in [-0.3, -0.25) is 15.5 Å². The number of rotatable bonds is 5. The zero-order valence-corrected chi connectivity index (χ0v) is 14.9. The molecule has 0 heterocycles. The van der Waals surface area contributed by atoms with E-state index in [1.165, 1.54) is 24.4 Å². The highest BCUT2D eigenvalue weighted by atomic mass is 32.1. The van der Waals surface area contributed by atoms with Crippen LogP contribution in [0.15, 0.2) is 65.8 Å². The summed E-state index contributed by atoms with van der Waals surface area (Å²) in [7, 11) is 0. The van der Waals surface area contributed by atoms with Gasteiger partial charge < -0.3 is 10.4 Å². The molecule has 0 amide bonds. The van der Waals surface area contributed by atoms with Gasteiger partial charge in [-0.05, 0) is 40.7 Å².